The number of benzene rings is 4. The molecule has 41 heavy (non-hydrogen) atoms. The zero-order chi connectivity index (χ0) is 28.5. The van der Waals surface area contributed by atoms with E-state index in [-0.39, 0.29) is 22.6 Å². The van der Waals surface area contributed by atoms with Gasteiger partial charge in [0.05, 0.1) is 17.2 Å². The van der Waals surface area contributed by atoms with Crippen molar-refractivity contribution in [3.8, 4) is 0 Å². The Balaban J connectivity index is 1.54. The Kier molecular flexibility index (Phi) is 5.52. The van der Waals surface area contributed by atoms with E-state index in [9.17, 15) is 24.5 Å². The monoisotopic (exact) mass is 561 g/mol. The number of halogens is 1. The standard InChI is InChI=1S/C32H20ClN3O5/c33-21-13-9-19(10-14-21)28(37)27-26(18-11-15-22(16-12-18)36(40)41)32(30(38)24-7-3-4-8-25(24)31(32)39)29-23-6-2-1-5-20(23)17-34-35(27)29/h1-17,26-27,29H/t26-,27+,29-/m1/s1. The molecule has 1 aliphatic carbocycles. The second-order valence-electron chi connectivity index (χ2n) is 10.4. The van der Waals surface area contributed by atoms with Gasteiger partial charge in [-0.05, 0) is 41.0 Å². The van der Waals surface area contributed by atoms with E-state index in [0.717, 1.165) is 5.56 Å². The molecule has 4 aromatic rings. The summed E-state index contributed by atoms with van der Waals surface area (Å²) in [6, 6.07) is 24.2. The van der Waals surface area contributed by atoms with Gasteiger partial charge in [0, 0.05) is 39.8 Å². The van der Waals surface area contributed by atoms with Crippen molar-refractivity contribution in [2.45, 2.75) is 18.0 Å². The van der Waals surface area contributed by atoms with E-state index >= 15 is 0 Å². The number of nitrogens with zero attached hydrogens (tertiary/aromatic N) is 3. The Labute approximate surface area is 239 Å². The molecule has 2 heterocycles. The lowest BCUT2D eigenvalue weighted by atomic mass is 9.63. The van der Waals surface area contributed by atoms with Crippen molar-refractivity contribution in [1.82, 2.24) is 5.01 Å². The molecule has 4 aromatic carbocycles. The van der Waals surface area contributed by atoms with E-state index in [1.54, 1.807) is 59.8 Å². The van der Waals surface area contributed by atoms with E-state index in [1.807, 2.05) is 24.3 Å². The van der Waals surface area contributed by atoms with Gasteiger partial charge >= 0.3 is 0 Å². The van der Waals surface area contributed by atoms with E-state index in [0.29, 0.717) is 21.7 Å². The van der Waals surface area contributed by atoms with E-state index in [1.165, 1.54) is 24.3 Å². The molecule has 0 amide bonds. The Morgan fingerprint density at radius 3 is 2.10 bits per heavy atom. The maximum atomic E-state index is 14.7. The molecule has 7 rings (SSSR count). The van der Waals surface area contributed by atoms with Gasteiger partial charge in [-0.25, -0.2) is 0 Å². The minimum absolute atomic E-state index is 0.144. The first-order valence-corrected chi connectivity index (χ1v) is 13.4. The van der Waals surface area contributed by atoms with Crippen LogP contribution in [0.15, 0.2) is 102 Å². The van der Waals surface area contributed by atoms with Crippen LogP contribution in [0.25, 0.3) is 0 Å². The number of Topliss-reactive ketones (excluding diaryl/α,β-unsaturated/α-hetero) is 3. The summed E-state index contributed by atoms with van der Waals surface area (Å²) in [6.07, 6.45) is 1.64. The quantitative estimate of drug-likeness (QED) is 0.130. The average Bonchev–Trinajstić information content (AvgIpc) is 3.43. The Morgan fingerprint density at radius 2 is 1.46 bits per heavy atom. The van der Waals surface area contributed by atoms with Gasteiger partial charge in [0.2, 0.25) is 0 Å². The molecule has 0 N–H and O–H groups in total. The number of hydrogen-bond acceptors (Lipinski definition) is 7. The molecular weight excluding hydrogens is 542 g/mol. The first-order valence-electron chi connectivity index (χ1n) is 13.0. The first-order chi connectivity index (χ1) is 19.8. The number of ketones is 3. The molecule has 8 nitrogen and oxygen atoms in total. The fourth-order valence-electron chi connectivity index (χ4n) is 6.74. The van der Waals surface area contributed by atoms with Gasteiger partial charge in [-0.2, -0.15) is 5.10 Å². The minimum Gasteiger partial charge on any atom is -0.293 e. The number of hydrogen-bond donors (Lipinski definition) is 0. The minimum atomic E-state index is -1.75. The lowest BCUT2D eigenvalue weighted by Crippen LogP contribution is -2.43. The average molecular weight is 562 g/mol. The summed E-state index contributed by atoms with van der Waals surface area (Å²) in [5, 5.41) is 18.2. The van der Waals surface area contributed by atoms with Crippen LogP contribution in [0, 0.1) is 15.5 Å². The van der Waals surface area contributed by atoms with Crippen LogP contribution in [0.4, 0.5) is 5.69 Å². The molecule has 0 saturated carbocycles. The predicted octanol–water partition coefficient (Wildman–Crippen LogP) is 6.05. The third-order valence-electron chi connectivity index (χ3n) is 8.44. The topological polar surface area (TPSA) is 110 Å². The zero-order valence-electron chi connectivity index (χ0n) is 21.3. The Morgan fingerprint density at radius 1 is 0.854 bits per heavy atom. The van der Waals surface area contributed by atoms with Crippen molar-refractivity contribution in [2.75, 3.05) is 0 Å². The third kappa shape index (κ3) is 3.40. The van der Waals surface area contributed by atoms with E-state index in [4.69, 9.17) is 16.7 Å². The highest BCUT2D eigenvalue weighted by atomic mass is 35.5. The smallest absolute Gasteiger partial charge is 0.269 e. The van der Waals surface area contributed by atoms with Crippen LogP contribution in [-0.2, 0) is 0 Å². The van der Waals surface area contributed by atoms with Crippen molar-refractivity contribution in [3.05, 3.63) is 146 Å². The first kappa shape index (κ1) is 25.0. The summed E-state index contributed by atoms with van der Waals surface area (Å²) >= 11 is 6.11. The fraction of sp³-hybridized carbons (Fsp3) is 0.125. The summed E-state index contributed by atoms with van der Waals surface area (Å²) in [6.45, 7) is 0. The summed E-state index contributed by atoms with van der Waals surface area (Å²) in [7, 11) is 0. The molecule has 200 valence electrons. The number of hydrazone groups is 1. The molecule has 1 fully saturated rings. The molecular formula is C32H20ClN3O5. The Hall–Kier alpha value is -4.95. The number of nitro benzene ring substituents is 1. The summed E-state index contributed by atoms with van der Waals surface area (Å²) < 4.78 is 0. The SMILES string of the molecule is O=C(c1ccc(Cl)cc1)[C@@H]1[C@@H](c2ccc([N+](=O)[O-])cc2)C2(C(=O)c3ccccc3C2=O)[C@H]2c3ccccc3C=NN12. The largest absolute Gasteiger partial charge is 0.293 e. The van der Waals surface area contributed by atoms with Gasteiger partial charge in [0.15, 0.2) is 17.3 Å². The highest BCUT2D eigenvalue weighted by molar-refractivity contribution is 6.32. The highest BCUT2D eigenvalue weighted by Gasteiger charge is 2.72. The van der Waals surface area contributed by atoms with E-state index < -0.39 is 39.9 Å². The summed E-state index contributed by atoms with van der Waals surface area (Å²) in [4.78, 5) is 54.7. The molecule has 0 bridgehead atoms. The van der Waals surface area contributed by atoms with Gasteiger partial charge in [-0.15, -0.1) is 0 Å². The normalized spacial score (nSPS) is 21.5. The van der Waals surface area contributed by atoms with Gasteiger partial charge in [0.25, 0.3) is 5.69 Å². The third-order valence-corrected chi connectivity index (χ3v) is 8.69. The number of non-ortho nitro benzene ring substituents is 1. The molecule has 1 saturated heterocycles. The molecule has 9 heteroatoms. The molecule has 2 aliphatic heterocycles. The van der Waals surface area contributed by atoms with Crippen molar-refractivity contribution < 1.29 is 19.3 Å². The van der Waals surface area contributed by atoms with Crippen LogP contribution in [0.2, 0.25) is 5.02 Å². The number of fused-ring (bicyclic) bond motifs is 5. The molecule has 0 radical (unpaired) electrons. The molecule has 3 atom stereocenters. The van der Waals surface area contributed by atoms with Crippen molar-refractivity contribution in [2.24, 2.45) is 10.5 Å². The number of nitro groups is 1. The van der Waals surface area contributed by atoms with Crippen LogP contribution in [0.1, 0.15) is 59.7 Å². The van der Waals surface area contributed by atoms with Gasteiger partial charge < -0.3 is 0 Å². The van der Waals surface area contributed by atoms with Gasteiger partial charge in [-0.1, -0.05) is 72.3 Å². The van der Waals surface area contributed by atoms with Crippen molar-refractivity contribution in [1.29, 1.82) is 0 Å². The number of carbonyl (C=O) groups excluding carboxylic acids is 3. The van der Waals surface area contributed by atoms with Crippen LogP contribution in [0.3, 0.4) is 0 Å². The summed E-state index contributed by atoms with van der Waals surface area (Å²) in [5.41, 5.74) is 0.926. The Bertz CT molecular complexity index is 1780. The second-order valence-corrected chi connectivity index (χ2v) is 10.8. The molecule has 1 spiro atoms. The molecule has 0 aromatic heterocycles. The lowest BCUT2D eigenvalue weighted by Gasteiger charge is -2.36. The van der Waals surface area contributed by atoms with Gasteiger partial charge in [-0.3, -0.25) is 29.5 Å². The highest BCUT2D eigenvalue weighted by Crippen LogP contribution is 2.64. The maximum Gasteiger partial charge on any atom is 0.269 e. The van der Waals surface area contributed by atoms with Crippen molar-refractivity contribution in [3.63, 3.8) is 0 Å². The van der Waals surface area contributed by atoms with Crippen LogP contribution in [-0.4, -0.2) is 39.5 Å². The van der Waals surface area contributed by atoms with Crippen LogP contribution >= 0.6 is 11.6 Å². The summed E-state index contributed by atoms with van der Waals surface area (Å²) in [5.74, 6) is -2.14. The maximum absolute atomic E-state index is 14.7. The molecule has 3 aliphatic rings. The van der Waals surface area contributed by atoms with Crippen LogP contribution < -0.4 is 0 Å². The van der Waals surface area contributed by atoms with E-state index in [2.05, 4.69) is 0 Å². The molecule has 0 unspecified atom stereocenters. The van der Waals surface area contributed by atoms with Gasteiger partial charge in [0.1, 0.15) is 11.5 Å². The lowest BCUT2D eigenvalue weighted by molar-refractivity contribution is -0.384. The zero-order valence-corrected chi connectivity index (χ0v) is 22.1. The number of carbonyl (C=O) groups is 3. The van der Waals surface area contributed by atoms with Crippen LogP contribution in [0.5, 0.6) is 0 Å². The predicted molar refractivity (Wildman–Crippen MR) is 152 cm³/mol. The van der Waals surface area contributed by atoms with Crippen molar-refractivity contribution >= 4 is 40.9 Å². The second kappa shape index (κ2) is 9.04. The number of rotatable bonds is 4. The fourth-order valence-corrected chi connectivity index (χ4v) is 6.86.